The minimum Gasteiger partial charge on any atom is -0.444 e. The van der Waals surface area contributed by atoms with Gasteiger partial charge in [-0.25, -0.2) is 4.79 Å². The number of carbonyl (C=O) groups is 1. The van der Waals surface area contributed by atoms with Crippen molar-refractivity contribution in [2.24, 2.45) is 0 Å². The molecule has 2 heterocycles. The molecule has 2 saturated heterocycles. The molecule has 2 fully saturated rings. The van der Waals surface area contributed by atoms with Crippen molar-refractivity contribution in [1.29, 1.82) is 0 Å². The fourth-order valence-corrected chi connectivity index (χ4v) is 4.74. The number of anilines is 1. The number of amides is 1. The van der Waals surface area contributed by atoms with Crippen molar-refractivity contribution in [2.75, 3.05) is 57.0 Å². The molecule has 0 aromatic heterocycles. The zero-order valence-electron chi connectivity index (χ0n) is 19.6. The first kappa shape index (κ1) is 24.2. The quantitative estimate of drug-likeness (QED) is 0.661. The second-order valence-electron chi connectivity index (χ2n) is 9.82. The maximum atomic E-state index is 12.2. The van der Waals surface area contributed by atoms with Gasteiger partial charge in [-0.2, -0.15) is 0 Å². The third kappa shape index (κ3) is 7.29. The lowest BCUT2D eigenvalue weighted by atomic mass is 9.87. The second kappa shape index (κ2) is 10.5. The van der Waals surface area contributed by atoms with Crippen LogP contribution in [0.2, 0.25) is 0 Å². The first-order chi connectivity index (χ1) is 14.7. The summed E-state index contributed by atoms with van der Waals surface area (Å²) in [6.07, 6.45) is 4.89. The molecule has 174 valence electrons. The molecule has 0 aliphatic carbocycles. The van der Waals surface area contributed by atoms with E-state index >= 15 is 0 Å². The summed E-state index contributed by atoms with van der Waals surface area (Å²) >= 11 is 1.78. The van der Waals surface area contributed by atoms with Crippen LogP contribution in [0.1, 0.15) is 46.5 Å². The summed E-state index contributed by atoms with van der Waals surface area (Å²) in [7, 11) is 0. The smallest absolute Gasteiger partial charge is 0.410 e. The molecule has 6 nitrogen and oxygen atoms in total. The van der Waals surface area contributed by atoms with E-state index in [2.05, 4.69) is 40.3 Å². The lowest BCUT2D eigenvalue weighted by Crippen LogP contribution is -2.49. The van der Waals surface area contributed by atoms with E-state index in [0.717, 1.165) is 45.6 Å². The van der Waals surface area contributed by atoms with Crippen LogP contribution in [0.5, 0.6) is 0 Å². The van der Waals surface area contributed by atoms with Gasteiger partial charge in [-0.1, -0.05) is 0 Å². The van der Waals surface area contributed by atoms with Gasteiger partial charge in [-0.05, 0) is 83.5 Å². The Morgan fingerprint density at radius 3 is 2.23 bits per heavy atom. The maximum Gasteiger partial charge on any atom is 0.410 e. The van der Waals surface area contributed by atoms with Crippen LogP contribution in [0.15, 0.2) is 29.2 Å². The number of piperazine rings is 1. The zero-order valence-corrected chi connectivity index (χ0v) is 20.4. The topological polar surface area (TPSA) is 56.2 Å². The summed E-state index contributed by atoms with van der Waals surface area (Å²) in [6.45, 7) is 12.0. The van der Waals surface area contributed by atoms with E-state index in [9.17, 15) is 9.90 Å². The number of rotatable bonds is 6. The van der Waals surface area contributed by atoms with Crippen LogP contribution < -0.4 is 4.90 Å². The van der Waals surface area contributed by atoms with Gasteiger partial charge in [0.15, 0.2) is 0 Å². The van der Waals surface area contributed by atoms with Gasteiger partial charge < -0.3 is 19.6 Å². The highest BCUT2D eigenvalue weighted by atomic mass is 32.2. The number of likely N-dealkylation sites (tertiary alicyclic amines) is 1. The van der Waals surface area contributed by atoms with Crippen LogP contribution in [-0.2, 0) is 4.74 Å². The number of carbonyl (C=O) groups excluding carboxylic acids is 1. The van der Waals surface area contributed by atoms with Crippen molar-refractivity contribution in [1.82, 2.24) is 9.80 Å². The molecule has 3 rings (SSSR count). The molecule has 0 spiro atoms. The molecule has 1 aromatic rings. The fourth-order valence-electron chi connectivity index (χ4n) is 4.34. The largest absolute Gasteiger partial charge is 0.444 e. The van der Waals surface area contributed by atoms with Crippen molar-refractivity contribution in [2.45, 2.75) is 62.6 Å². The second-order valence-corrected chi connectivity index (χ2v) is 10.7. The zero-order chi connectivity index (χ0) is 22.5. The summed E-state index contributed by atoms with van der Waals surface area (Å²) in [5.41, 5.74) is 0.176. The minimum absolute atomic E-state index is 0.268. The summed E-state index contributed by atoms with van der Waals surface area (Å²) in [4.78, 5) is 20.2. The number of aliphatic hydroxyl groups is 1. The standard InChI is InChI=1S/C24H39N3O3S/c1-23(2,3)30-22(28)27-14-11-24(29,12-15-27)10-5-13-25-16-18-26(19-17-25)20-6-8-21(31-4)9-7-20/h6-9,29H,5,10-19H2,1-4H3. The van der Waals surface area contributed by atoms with Gasteiger partial charge in [0.1, 0.15) is 5.60 Å². The van der Waals surface area contributed by atoms with Crippen molar-refractivity contribution in [3.05, 3.63) is 24.3 Å². The molecular formula is C24H39N3O3S. The van der Waals surface area contributed by atoms with Crippen molar-refractivity contribution in [3.8, 4) is 0 Å². The molecule has 0 bridgehead atoms. The number of hydrogen-bond donors (Lipinski definition) is 1. The molecule has 31 heavy (non-hydrogen) atoms. The van der Waals surface area contributed by atoms with E-state index < -0.39 is 11.2 Å². The van der Waals surface area contributed by atoms with Crippen molar-refractivity contribution < 1.29 is 14.6 Å². The predicted molar refractivity (Wildman–Crippen MR) is 128 cm³/mol. The van der Waals surface area contributed by atoms with Crippen LogP contribution in [0.25, 0.3) is 0 Å². The first-order valence-corrected chi connectivity index (χ1v) is 12.7. The van der Waals surface area contributed by atoms with Crippen LogP contribution in [0.4, 0.5) is 10.5 Å². The number of ether oxygens (including phenoxy) is 1. The first-order valence-electron chi connectivity index (χ1n) is 11.5. The summed E-state index contributed by atoms with van der Waals surface area (Å²) < 4.78 is 5.45. The molecule has 0 atom stereocenters. The van der Waals surface area contributed by atoms with Crippen LogP contribution in [0.3, 0.4) is 0 Å². The monoisotopic (exact) mass is 449 g/mol. The summed E-state index contributed by atoms with van der Waals surface area (Å²) in [5, 5.41) is 11.0. The molecule has 2 aliphatic rings. The van der Waals surface area contributed by atoms with Crippen molar-refractivity contribution >= 4 is 23.5 Å². The SMILES string of the molecule is CSc1ccc(N2CCN(CCCC3(O)CCN(C(=O)OC(C)(C)C)CC3)CC2)cc1. The Hall–Kier alpha value is -1.44. The number of hydrogen-bond acceptors (Lipinski definition) is 6. The summed E-state index contributed by atoms with van der Waals surface area (Å²) in [6, 6.07) is 8.84. The Morgan fingerprint density at radius 2 is 1.68 bits per heavy atom. The molecule has 0 saturated carbocycles. The van der Waals surface area contributed by atoms with Gasteiger partial charge in [0.2, 0.25) is 0 Å². The van der Waals surface area contributed by atoms with Gasteiger partial charge >= 0.3 is 6.09 Å². The molecule has 7 heteroatoms. The van der Waals surface area contributed by atoms with Gasteiger partial charge in [0.05, 0.1) is 5.60 Å². The number of piperidine rings is 1. The predicted octanol–water partition coefficient (Wildman–Crippen LogP) is 4.07. The molecule has 0 radical (unpaired) electrons. The van der Waals surface area contributed by atoms with Crippen LogP contribution in [0, 0.1) is 0 Å². The van der Waals surface area contributed by atoms with E-state index in [1.165, 1.54) is 10.6 Å². The Balaban J connectivity index is 1.35. The lowest BCUT2D eigenvalue weighted by molar-refractivity contribution is -0.0385. The van der Waals surface area contributed by atoms with E-state index in [1.54, 1.807) is 16.7 Å². The fraction of sp³-hybridized carbons (Fsp3) is 0.708. The Morgan fingerprint density at radius 1 is 1.06 bits per heavy atom. The van der Waals surface area contributed by atoms with Gasteiger partial charge in [-0.3, -0.25) is 4.90 Å². The average molecular weight is 450 g/mol. The third-order valence-electron chi connectivity index (χ3n) is 6.27. The Bertz CT molecular complexity index is 704. The Kier molecular flexibility index (Phi) is 8.16. The number of thioether (sulfide) groups is 1. The van der Waals surface area contributed by atoms with E-state index in [1.807, 2.05) is 20.8 Å². The maximum absolute atomic E-state index is 12.2. The van der Waals surface area contributed by atoms with Gasteiger partial charge in [0, 0.05) is 49.9 Å². The highest BCUT2D eigenvalue weighted by Gasteiger charge is 2.35. The van der Waals surface area contributed by atoms with Gasteiger partial charge in [0.25, 0.3) is 0 Å². The molecule has 1 amide bonds. The lowest BCUT2D eigenvalue weighted by Gasteiger charge is -2.39. The van der Waals surface area contributed by atoms with Crippen LogP contribution >= 0.6 is 11.8 Å². The Labute approximate surface area is 191 Å². The molecule has 2 aliphatic heterocycles. The molecule has 1 N–H and O–H groups in total. The minimum atomic E-state index is -0.653. The average Bonchev–Trinajstić information content (AvgIpc) is 2.73. The number of benzene rings is 1. The van der Waals surface area contributed by atoms with Crippen molar-refractivity contribution in [3.63, 3.8) is 0 Å². The van der Waals surface area contributed by atoms with E-state index in [-0.39, 0.29) is 6.09 Å². The molecule has 0 unspecified atom stereocenters. The van der Waals surface area contributed by atoms with Crippen LogP contribution in [-0.4, -0.2) is 84.3 Å². The summed E-state index contributed by atoms with van der Waals surface area (Å²) in [5.74, 6) is 0. The third-order valence-corrected chi connectivity index (χ3v) is 7.02. The van der Waals surface area contributed by atoms with E-state index in [0.29, 0.717) is 25.9 Å². The molecule has 1 aromatic carbocycles. The van der Waals surface area contributed by atoms with E-state index in [4.69, 9.17) is 4.74 Å². The highest BCUT2D eigenvalue weighted by Crippen LogP contribution is 2.28. The highest BCUT2D eigenvalue weighted by molar-refractivity contribution is 7.98. The van der Waals surface area contributed by atoms with Gasteiger partial charge in [-0.15, -0.1) is 11.8 Å². The molecular weight excluding hydrogens is 410 g/mol. The normalized spacial score (nSPS) is 20.0. The number of nitrogens with zero attached hydrogens (tertiary/aromatic N) is 3.